The summed E-state index contributed by atoms with van der Waals surface area (Å²) < 4.78 is 13.2. The third-order valence-electron chi connectivity index (χ3n) is 3.33. The van der Waals surface area contributed by atoms with Crippen molar-refractivity contribution in [2.24, 2.45) is 0 Å². The Morgan fingerprint density at radius 2 is 1.87 bits per heavy atom. The van der Waals surface area contributed by atoms with Gasteiger partial charge in [0.25, 0.3) is 5.91 Å². The molecule has 0 aliphatic rings. The molecule has 1 aromatic heterocycles. The Morgan fingerprint density at radius 3 is 2.43 bits per heavy atom. The molecule has 0 bridgehead atoms. The second-order valence-electron chi connectivity index (χ2n) is 5.19. The maximum absolute atomic E-state index is 12.6. The molecule has 23 heavy (non-hydrogen) atoms. The van der Waals surface area contributed by atoms with Gasteiger partial charge in [0.1, 0.15) is 17.2 Å². The van der Waals surface area contributed by atoms with Gasteiger partial charge in [-0.15, -0.1) is 0 Å². The molecule has 1 amide bonds. The first kappa shape index (κ1) is 17.7. The van der Waals surface area contributed by atoms with Crippen LogP contribution in [0.1, 0.15) is 30.4 Å². The molecule has 0 radical (unpaired) electrons. The third kappa shape index (κ3) is 3.82. The van der Waals surface area contributed by atoms with Crippen LogP contribution in [-0.2, 0) is 0 Å². The first-order valence-electron chi connectivity index (χ1n) is 6.97. The van der Waals surface area contributed by atoms with Crippen molar-refractivity contribution in [1.82, 2.24) is 4.57 Å². The van der Waals surface area contributed by atoms with Crippen molar-refractivity contribution in [2.45, 2.75) is 19.9 Å². The van der Waals surface area contributed by atoms with E-state index in [4.69, 9.17) is 21.1 Å². The molecule has 1 heterocycles. The number of nitrogens with zero attached hydrogens (tertiary/aromatic N) is 1. The van der Waals surface area contributed by atoms with Crippen molar-refractivity contribution in [3.8, 4) is 11.5 Å². The third-order valence-corrected chi connectivity index (χ3v) is 4.06. The first-order valence-corrected chi connectivity index (χ1v) is 8.14. The molecule has 0 aliphatic heterocycles. The number of anilines is 1. The topological polar surface area (TPSA) is 52.5 Å². The normalized spacial score (nSPS) is 10.7. The number of hydrogen-bond donors (Lipinski definition) is 1. The lowest BCUT2D eigenvalue weighted by Gasteiger charge is -2.15. The standard InChI is InChI=1S/C16H18BrClN2O3/c1-9(2)20-8-10(17)5-13(20)16(21)19-12-7-14(22-3)11(18)6-15(12)23-4/h5-9H,1-4H3,(H,19,21). The second-order valence-corrected chi connectivity index (χ2v) is 6.51. The van der Waals surface area contributed by atoms with E-state index in [0.29, 0.717) is 27.9 Å². The number of rotatable bonds is 5. The van der Waals surface area contributed by atoms with Gasteiger partial charge in [0.15, 0.2) is 0 Å². The fraction of sp³-hybridized carbons (Fsp3) is 0.312. The molecule has 0 aliphatic carbocycles. The second kappa shape index (κ2) is 7.27. The monoisotopic (exact) mass is 400 g/mol. The van der Waals surface area contributed by atoms with Crippen molar-refractivity contribution in [2.75, 3.05) is 19.5 Å². The number of carbonyl (C=O) groups excluding carboxylic acids is 1. The molecule has 124 valence electrons. The molecule has 7 heteroatoms. The van der Waals surface area contributed by atoms with Crippen LogP contribution in [0.3, 0.4) is 0 Å². The zero-order valence-electron chi connectivity index (χ0n) is 13.3. The van der Waals surface area contributed by atoms with Crippen molar-refractivity contribution in [3.05, 3.63) is 39.6 Å². The fourth-order valence-corrected chi connectivity index (χ4v) is 2.87. The van der Waals surface area contributed by atoms with Crippen molar-refractivity contribution in [3.63, 3.8) is 0 Å². The Balaban J connectivity index is 2.37. The van der Waals surface area contributed by atoms with E-state index >= 15 is 0 Å². The van der Waals surface area contributed by atoms with Gasteiger partial charge in [-0.05, 0) is 35.8 Å². The number of amides is 1. The Labute approximate surface area is 148 Å². The summed E-state index contributed by atoms with van der Waals surface area (Å²) in [6.45, 7) is 4.02. The van der Waals surface area contributed by atoms with E-state index < -0.39 is 0 Å². The van der Waals surface area contributed by atoms with Crippen LogP contribution in [0.25, 0.3) is 0 Å². The van der Waals surface area contributed by atoms with Crippen molar-refractivity contribution >= 4 is 39.1 Å². The average Bonchev–Trinajstić information content (AvgIpc) is 2.90. The van der Waals surface area contributed by atoms with Gasteiger partial charge in [0.05, 0.1) is 24.9 Å². The lowest BCUT2D eigenvalue weighted by Crippen LogP contribution is -2.18. The Hall–Kier alpha value is -1.66. The summed E-state index contributed by atoms with van der Waals surface area (Å²) >= 11 is 9.48. The molecule has 0 spiro atoms. The highest BCUT2D eigenvalue weighted by Gasteiger charge is 2.18. The van der Waals surface area contributed by atoms with Gasteiger partial charge in [-0.2, -0.15) is 0 Å². The zero-order chi connectivity index (χ0) is 17.1. The SMILES string of the molecule is COc1cc(NC(=O)c2cc(Br)cn2C(C)C)c(OC)cc1Cl. The molecule has 5 nitrogen and oxygen atoms in total. The zero-order valence-corrected chi connectivity index (χ0v) is 15.7. The number of benzene rings is 1. The summed E-state index contributed by atoms with van der Waals surface area (Å²) in [5, 5.41) is 3.26. The minimum atomic E-state index is -0.243. The molecule has 0 saturated heterocycles. The molecular weight excluding hydrogens is 384 g/mol. The van der Waals surface area contributed by atoms with Crippen LogP contribution in [0.5, 0.6) is 11.5 Å². The highest BCUT2D eigenvalue weighted by atomic mass is 79.9. The summed E-state index contributed by atoms with van der Waals surface area (Å²) in [4.78, 5) is 12.6. The van der Waals surface area contributed by atoms with E-state index in [2.05, 4.69) is 21.2 Å². The highest BCUT2D eigenvalue weighted by Crippen LogP contribution is 2.36. The molecule has 2 aromatic rings. The molecule has 0 saturated carbocycles. The minimum absolute atomic E-state index is 0.156. The lowest BCUT2D eigenvalue weighted by atomic mass is 10.2. The van der Waals surface area contributed by atoms with Crippen LogP contribution in [0.15, 0.2) is 28.9 Å². The predicted molar refractivity (Wildman–Crippen MR) is 95.0 cm³/mol. The van der Waals surface area contributed by atoms with E-state index in [0.717, 1.165) is 4.47 Å². The van der Waals surface area contributed by atoms with Gasteiger partial charge < -0.3 is 19.4 Å². The summed E-state index contributed by atoms with van der Waals surface area (Å²) in [6.07, 6.45) is 1.87. The Morgan fingerprint density at radius 1 is 1.22 bits per heavy atom. The average molecular weight is 402 g/mol. The van der Waals surface area contributed by atoms with Gasteiger partial charge in [-0.25, -0.2) is 0 Å². The number of aromatic nitrogens is 1. The van der Waals surface area contributed by atoms with Gasteiger partial charge in [0.2, 0.25) is 0 Å². The molecule has 0 unspecified atom stereocenters. The van der Waals surface area contributed by atoms with E-state index in [-0.39, 0.29) is 11.9 Å². The van der Waals surface area contributed by atoms with Crippen LogP contribution < -0.4 is 14.8 Å². The van der Waals surface area contributed by atoms with E-state index in [1.807, 2.05) is 24.6 Å². The quantitative estimate of drug-likeness (QED) is 0.786. The van der Waals surface area contributed by atoms with Crippen LogP contribution in [0.2, 0.25) is 5.02 Å². The first-order chi connectivity index (χ1) is 10.9. The lowest BCUT2D eigenvalue weighted by molar-refractivity contribution is 0.101. The van der Waals surface area contributed by atoms with Crippen LogP contribution in [0.4, 0.5) is 5.69 Å². The number of nitrogens with one attached hydrogen (secondary N) is 1. The van der Waals surface area contributed by atoms with Crippen molar-refractivity contribution in [1.29, 1.82) is 0 Å². The number of hydrogen-bond acceptors (Lipinski definition) is 3. The summed E-state index contributed by atoms with van der Waals surface area (Å²) in [5.41, 5.74) is 1.04. The van der Waals surface area contributed by atoms with Gasteiger partial charge in [-0.3, -0.25) is 4.79 Å². The molecular formula is C16H18BrClN2O3. The Bertz CT molecular complexity index is 728. The largest absolute Gasteiger partial charge is 0.495 e. The van der Waals surface area contributed by atoms with Crippen LogP contribution in [-0.4, -0.2) is 24.7 Å². The number of methoxy groups -OCH3 is 2. The molecule has 1 N–H and O–H groups in total. The predicted octanol–water partition coefficient (Wildman–Crippen LogP) is 4.75. The van der Waals surface area contributed by atoms with Crippen LogP contribution in [0, 0.1) is 0 Å². The van der Waals surface area contributed by atoms with Crippen LogP contribution >= 0.6 is 27.5 Å². The minimum Gasteiger partial charge on any atom is -0.495 e. The van der Waals surface area contributed by atoms with E-state index in [1.54, 1.807) is 18.2 Å². The molecule has 0 fully saturated rings. The highest BCUT2D eigenvalue weighted by molar-refractivity contribution is 9.10. The fourth-order valence-electron chi connectivity index (χ4n) is 2.20. The Kier molecular flexibility index (Phi) is 5.59. The van der Waals surface area contributed by atoms with Crippen molar-refractivity contribution < 1.29 is 14.3 Å². The molecule has 1 aromatic carbocycles. The number of carbonyl (C=O) groups is 1. The van der Waals surface area contributed by atoms with E-state index in [9.17, 15) is 4.79 Å². The van der Waals surface area contributed by atoms with Gasteiger partial charge in [-0.1, -0.05) is 11.6 Å². The molecule has 0 atom stereocenters. The van der Waals surface area contributed by atoms with Gasteiger partial charge >= 0.3 is 0 Å². The number of ether oxygens (including phenoxy) is 2. The number of halogens is 2. The summed E-state index contributed by atoms with van der Waals surface area (Å²) in [5.74, 6) is 0.682. The van der Waals surface area contributed by atoms with Gasteiger partial charge in [0, 0.05) is 28.8 Å². The maximum Gasteiger partial charge on any atom is 0.272 e. The smallest absolute Gasteiger partial charge is 0.272 e. The maximum atomic E-state index is 12.6. The van der Waals surface area contributed by atoms with E-state index in [1.165, 1.54) is 14.2 Å². The molecule has 2 rings (SSSR count). The summed E-state index contributed by atoms with van der Waals surface area (Å²) in [7, 11) is 3.03. The summed E-state index contributed by atoms with van der Waals surface area (Å²) in [6, 6.07) is 5.17.